The lowest BCUT2D eigenvalue weighted by atomic mass is 9.98. The standard InChI is InChI=1S/C35H47N5O6/c1-21(2)18-26-35(46)40-17-9-12-28(40)31(42)38-30(22(3)4)33(44)37-27(19-24-13-15-25(41)16-14-24)34(45)39(5)29(32(43)36-26)20-23-10-7-6-8-11-23/h6-8,10-11,13-16,21-22,26-30,41H,9,12,17-20H2,1-5H3,(H,36,43)(H,37,44)(H,38,42)/t26-,27-,28-,29-,30+/m0/s1. The molecule has 2 aliphatic heterocycles. The minimum Gasteiger partial charge on any atom is -0.508 e. The Balaban J connectivity index is 1.80. The van der Waals surface area contributed by atoms with Gasteiger partial charge in [-0.15, -0.1) is 0 Å². The number of aromatic hydroxyl groups is 1. The molecule has 4 rings (SSSR count). The van der Waals surface area contributed by atoms with Crippen molar-refractivity contribution < 1.29 is 29.1 Å². The summed E-state index contributed by atoms with van der Waals surface area (Å²) < 4.78 is 0. The summed E-state index contributed by atoms with van der Waals surface area (Å²) in [6, 6.07) is 10.9. The number of hydrogen-bond acceptors (Lipinski definition) is 6. The molecule has 46 heavy (non-hydrogen) atoms. The Morgan fingerprint density at radius 3 is 2.02 bits per heavy atom. The molecule has 0 radical (unpaired) electrons. The van der Waals surface area contributed by atoms with E-state index < -0.39 is 53.8 Å². The van der Waals surface area contributed by atoms with Crippen LogP contribution >= 0.6 is 0 Å². The second-order valence-corrected chi connectivity index (χ2v) is 13.2. The summed E-state index contributed by atoms with van der Waals surface area (Å²) >= 11 is 0. The van der Waals surface area contributed by atoms with E-state index in [-0.39, 0.29) is 36.3 Å². The van der Waals surface area contributed by atoms with Crippen LogP contribution in [0.2, 0.25) is 0 Å². The highest BCUT2D eigenvalue weighted by atomic mass is 16.3. The van der Waals surface area contributed by atoms with Crippen molar-refractivity contribution in [3.05, 3.63) is 65.7 Å². The third-order valence-corrected chi connectivity index (χ3v) is 8.79. The van der Waals surface area contributed by atoms with Crippen LogP contribution in [0, 0.1) is 11.8 Å². The van der Waals surface area contributed by atoms with E-state index in [1.807, 2.05) is 44.2 Å². The molecule has 0 spiro atoms. The molecular formula is C35H47N5O6. The fourth-order valence-electron chi connectivity index (χ4n) is 6.22. The number of benzene rings is 2. The molecule has 0 unspecified atom stereocenters. The number of fused-ring (bicyclic) bond motifs is 1. The Bertz CT molecular complexity index is 1400. The number of amides is 5. The highest BCUT2D eigenvalue weighted by Crippen LogP contribution is 2.22. The van der Waals surface area contributed by atoms with Crippen molar-refractivity contribution >= 4 is 29.5 Å². The van der Waals surface area contributed by atoms with Crippen LogP contribution in [-0.4, -0.2) is 88.2 Å². The number of phenolic OH excluding ortho intramolecular Hbond substituents is 1. The van der Waals surface area contributed by atoms with Gasteiger partial charge in [-0.3, -0.25) is 24.0 Å². The number of phenols is 1. The Morgan fingerprint density at radius 2 is 1.39 bits per heavy atom. The molecule has 11 nitrogen and oxygen atoms in total. The first-order chi connectivity index (χ1) is 21.8. The second-order valence-electron chi connectivity index (χ2n) is 13.2. The van der Waals surface area contributed by atoms with Crippen LogP contribution in [0.15, 0.2) is 54.6 Å². The van der Waals surface area contributed by atoms with Gasteiger partial charge in [-0.25, -0.2) is 0 Å². The summed E-state index contributed by atoms with van der Waals surface area (Å²) in [6.45, 7) is 7.88. The molecule has 2 aromatic rings. The molecule has 2 saturated heterocycles. The molecule has 2 fully saturated rings. The molecular weight excluding hydrogens is 586 g/mol. The molecule has 5 atom stereocenters. The average molecular weight is 634 g/mol. The van der Waals surface area contributed by atoms with Crippen LogP contribution in [0.4, 0.5) is 0 Å². The first kappa shape index (κ1) is 34.5. The van der Waals surface area contributed by atoms with E-state index >= 15 is 0 Å². The van der Waals surface area contributed by atoms with Gasteiger partial charge in [-0.1, -0.05) is 70.2 Å². The quantitative estimate of drug-likeness (QED) is 0.368. The maximum atomic E-state index is 14.3. The lowest BCUT2D eigenvalue weighted by Crippen LogP contribution is -2.59. The van der Waals surface area contributed by atoms with E-state index in [1.54, 1.807) is 26.0 Å². The van der Waals surface area contributed by atoms with Gasteiger partial charge in [0.1, 0.15) is 36.0 Å². The predicted octanol–water partition coefficient (Wildman–Crippen LogP) is 2.17. The molecule has 4 N–H and O–H groups in total. The van der Waals surface area contributed by atoms with Crippen LogP contribution < -0.4 is 16.0 Å². The van der Waals surface area contributed by atoms with Gasteiger partial charge in [-0.2, -0.15) is 0 Å². The highest BCUT2D eigenvalue weighted by Gasteiger charge is 2.42. The molecule has 2 heterocycles. The fourth-order valence-corrected chi connectivity index (χ4v) is 6.22. The number of rotatable bonds is 7. The molecule has 5 amide bonds. The van der Waals surface area contributed by atoms with Crippen molar-refractivity contribution in [3.63, 3.8) is 0 Å². The minimum absolute atomic E-state index is 0.0555. The third-order valence-electron chi connectivity index (χ3n) is 8.79. The molecule has 2 aliphatic rings. The summed E-state index contributed by atoms with van der Waals surface area (Å²) in [4.78, 5) is 72.8. The van der Waals surface area contributed by atoms with Crippen molar-refractivity contribution in [3.8, 4) is 5.75 Å². The molecule has 0 bridgehead atoms. The van der Waals surface area contributed by atoms with Crippen LogP contribution in [-0.2, 0) is 36.8 Å². The second kappa shape index (κ2) is 15.2. The summed E-state index contributed by atoms with van der Waals surface area (Å²) in [5.41, 5.74) is 1.50. The van der Waals surface area contributed by atoms with Crippen LogP contribution in [0.5, 0.6) is 5.75 Å². The Kier molecular flexibility index (Phi) is 11.4. The van der Waals surface area contributed by atoms with E-state index in [0.717, 1.165) is 5.56 Å². The predicted molar refractivity (Wildman–Crippen MR) is 173 cm³/mol. The molecule has 11 heteroatoms. The summed E-state index contributed by atoms with van der Waals surface area (Å²) in [5.74, 6) is -2.54. The normalized spacial score (nSPS) is 25.1. The van der Waals surface area contributed by atoms with Gasteiger partial charge in [0.2, 0.25) is 29.5 Å². The molecule has 2 aromatic carbocycles. The first-order valence-corrected chi connectivity index (χ1v) is 16.2. The smallest absolute Gasteiger partial charge is 0.245 e. The van der Waals surface area contributed by atoms with Crippen LogP contribution in [0.25, 0.3) is 0 Å². The number of carbonyl (C=O) groups excluding carboxylic acids is 5. The number of carbonyl (C=O) groups is 5. The zero-order valence-electron chi connectivity index (χ0n) is 27.4. The first-order valence-electron chi connectivity index (χ1n) is 16.2. The largest absolute Gasteiger partial charge is 0.508 e. The summed E-state index contributed by atoms with van der Waals surface area (Å²) in [5, 5.41) is 18.5. The summed E-state index contributed by atoms with van der Waals surface area (Å²) in [6.07, 6.45) is 1.67. The van der Waals surface area contributed by atoms with Crippen LogP contribution in [0.1, 0.15) is 58.1 Å². The van der Waals surface area contributed by atoms with Crippen molar-refractivity contribution in [2.75, 3.05) is 13.6 Å². The van der Waals surface area contributed by atoms with Gasteiger partial charge in [-0.05, 0) is 54.4 Å². The van der Waals surface area contributed by atoms with Crippen LogP contribution in [0.3, 0.4) is 0 Å². The lowest BCUT2D eigenvalue weighted by Gasteiger charge is -2.33. The maximum absolute atomic E-state index is 14.3. The molecule has 0 aromatic heterocycles. The van der Waals surface area contributed by atoms with Crippen molar-refractivity contribution in [2.45, 2.75) is 90.0 Å². The van der Waals surface area contributed by atoms with Gasteiger partial charge < -0.3 is 30.9 Å². The van der Waals surface area contributed by atoms with E-state index in [2.05, 4.69) is 16.0 Å². The van der Waals surface area contributed by atoms with Crippen molar-refractivity contribution in [1.82, 2.24) is 25.8 Å². The topological polar surface area (TPSA) is 148 Å². The average Bonchev–Trinajstić information content (AvgIpc) is 3.51. The number of hydrogen-bond donors (Lipinski definition) is 4. The van der Waals surface area contributed by atoms with Gasteiger partial charge in [0.25, 0.3) is 0 Å². The van der Waals surface area contributed by atoms with Gasteiger partial charge >= 0.3 is 0 Å². The Hall–Kier alpha value is -4.41. The number of likely N-dealkylation sites (N-methyl/N-ethyl adjacent to an activating group) is 1. The van der Waals surface area contributed by atoms with Crippen molar-refractivity contribution in [2.24, 2.45) is 11.8 Å². The fraction of sp³-hybridized carbons (Fsp3) is 0.514. The monoisotopic (exact) mass is 633 g/mol. The van der Waals surface area contributed by atoms with Gasteiger partial charge in [0.05, 0.1) is 0 Å². The zero-order valence-corrected chi connectivity index (χ0v) is 27.4. The molecule has 0 saturated carbocycles. The SMILES string of the molecule is CC(C)C[C@@H]1NC(=O)[C@H](Cc2ccccc2)N(C)C(=O)[C@H](Cc2ccc(O)cc2)NC(=O)[C@@H](C(C)C)NC(=O)[C@@H]2CCCN2C1=O. The number of nitrogens with zero attached hydrogens (tertiary/aromatic N) is 2. The van der Waals surface area contributed by atoms with Gasteiger partial charge in [0, 0.05) is 26.4 Å². The highest BCUT2D eigenvalue weighted by molar-refractivity contribution is 5.98. The lowest BCUT2D eigenvalue weighted by molar-refractivity contribution is -0.144. The van der Waals surface area contributed by atoms with E-state index in [9.17, 15) is 29.1 Å². The van der Waals surface area contributed by atoms with E-state index in [1.165, 1.54) is 29.0 Å². The van der Waals surface area contributed by atoms with Gasteiger partial charge in [0.15, 0.2) is 0 Å². The third kappa shape index (κ3) is 8.44. The number of nitrogens with one attached hydrogen (secondary N) is 3. The summed E-state index contributed by atoms with van der Waals surface area (Å²) in [7, 11) is 1.53. The Morgan fingerprint density at radius 1 is 0.761 bits per heavy atom. The minimum atomic E-state index is -1.09. The maximum Gasteiger partial charge on any atom is 0.245 e. The zero-order chi connectivity index (χ0) is 33.5. The Labute approximate surface area is 271 Å². The molecule has 0 aliphatic carbocycles. The van der Waals surface area contributed by atoms with E-state index in [0.29, 0.717) is 31.4 Å². The van der Waals surface area contributed by atoms with Crippen molar-refractivity contribution in [1.29, 1.82) is 0 Å². The molecule has 248 valence electrons. The van der Waals surface area contributed by atoms with E-state index in [4.69, 9.17) is 0 Å².